The Hall–Kier alpha value is -1.99. The molecule has 2 rings (SSSR count). The highest BCUT2D eigenvalue weighted by Gasteiger charge is 2.15. The number of amides is 2. The average molecular weight is 400 g/mol. The third-order valence-corrected chi connectivity index (χ3v) is 4.39. The third kappa shape index (κ3) is 8.05. The van der Waals surface area contributed by atoms with Gasteiger partial charge in [0.05, 0.1) is 7.11 Å². The van der Waals surface area contributed by atoms with Crippen LogP contribution in [0.1, 0.15) is 31.7 Å². The van der Waals surface area contributed by atoms with Gasteiger partial charge in [-0.1, -0.05) is 6.07 Å². The van der Waals surface area contributed by atoms with E-state index in [1.54, 1.807) is 13.2 Å². The van der Waals surface area contributed by atoms with E-state index in [9.17, 15) is 9.59 Å². The van der Waals surface area contributed by atoms with Gasteiger partial charge in [0.2, 0.25) is 5.91 Å². The van der Waals surface area contributed by atoms with Crippen molar-refractivity contribution < 1.29 is 19.1 Å². The van der Waals surface area contributed by atoms with Gasteiger partial charge in [-0.15, -0.1) is 12.4 Å². The molecular weight excluding hydrogens is 370 g/mol. The molecule has 0 spiro atoms. The van der Waals surface area contributed by atoms with Gasteiger partial charge in [0, 0.05) is 19.5 Å². The van der Waals surface area contributed by atoms with Crippen molar-refractivity contribution in [2.45, 2.75) is 32.7 Å². The number of likely N-dealkylation sites (N-methyl/N-ethyl adjacent to an activating group) is 1. The van der Waals surface area contributed by atoms with Gasteiger partial charge in [0.15, 0.2) is 18.1 Å². The molecule has 0 aliphatic carbocycles. The molecule has 152 valence electrons. The molecule has 1 aromatic carbocycles. The van der Waals surface area contributed by atoms with Crippen molar-refractivity contribution in [2.24, 2.45) is 5.92 Å². The molecule has 1 saturated heterocycles. The molecule has 1 aromatic rings. The number of rotatable bonds is 10. The minimum absolute atomic E-state index is 0. The summed E-state index contributed by atoms with van der Waals surface area (Å²) >= 11 is 0. The van der Waals surface area contributed by atoms with Gasteiger partial charge < -0.3 is 25.4 Å². The molecule has 1 aliphatic heterocycles. The summed E-state index contributed by atoms with van der Waals surface area (Å²) in [6.45, 7) is 4.87. The molecule has 0 bridgehead atoms. The fourth-order valence-corrected chi connectivity index (χ4v) is 2.92. The van der Waals surface area contributed by atoms with Crippen LogP contribution in [0.4, 0.5) is 0 Å². The second-order valence-electron chi connectivity index (χ2n) is 6.40. The Balaban J connectivity index is 0.00000364. The predicted octanol–water partition coefficient (Wildman–Crippen LogP) is 1.64. The van der Waals surface area contributed by atoms with Crippen LogP contribution in [-0.4, -0.2) is 45.2 Å². The Kier molecular flexibility index (Phi) is 10.6. The number of ether oxygens (including phenoxy) is 2. The van der Waals surface area contributed by atoms with Crippen molar-refractivity contribution in [3.8, 4) is 11.5 Å². The molecule has 8 heteroatoms. The van der Waals surface area contributed by atoms with Crippen molar-refractivity contribution in [3.05, 3.63) is 23.8 Å². The number of nitrogens with one attached hydrogen (secondary N) is 3. The zero-order chi connectivity index (χ0) is 18.8. The van der Waals surface area contributed by atoms with E-state index in [1.807, 2.05) is 19.1 Å². The normalized spacial score (nSPS) is 15.6. The first-order valence-electron chi connectivity index (χ1n) is 9.16. The molecule has 1 fully saturated rings. The first-order chi connectivity index (χ1) is 12.6. The number of benzene rings is 1. The van der Waals surface area contributed by atoms with Gasteiger partial charge in [-0.2, -0.15) is 0 Å². The quantitative estimate of drug-likeness (QED) is 0.556. The van der Waals surface area contributed by atoms with Crippen molar-refractivity contribution >= 4 is 24.2 Å². The summed E-state index contributed by atoms with van der Waals surface area (Å²) in [4.78, 5) is 23.5. The van der Waals surface area contributed by atoms with E-state index in [0.29, 0.717) is 36.9 Å². The number of carbonyl (C=O) groups excluding carboxylic acids is 2. The smallest absolute Gasteiger partial charge is 0.257 e. The lowest BCUT2D eigenvalue weighted by molar-refractivity contribution is -0.123. The molecule has 0 aromatic heterocycles. The standard InChI is InChI=1S/C19H29N3O4.ClH/c1-3-21-19(24)13-26-16-6-4-15(10-17(16)25-2)12-22-18(23)7-5-14-8-9-20-11-14;/h4,6,10,14,20H,3,5,7-9,11-13H2,1-2H3,(H,21,24)(H,22,23);1H. The van der Waals surface area contributed by atoms with E-state index < -0.39 is 0 Å². The number of carbonyl (C=O) groups is 2. The number of methoxy groups -OCH3 is 1. The summed E-state index contributed by atoms with van der Waals surface area (Å²) in [5.74, 6) is 1.54. The number of hydrogen-bond acceptors (Lipinski definition) is 5. The van der Waals surface area contributed by atoms with Gasteiger partial charge in [-0.05, 0) is 56.5 Å². The van der Waals surface area contributed by atoms with Crippen LogP contribution < -0.4 is 25.4 Å². The molecule has 1 atom stereocenters. The lowest BCUT2D eigenvalue weighted by Gasteiger charge is -2.13. The fourth-order valence-electron chi connectivity index (χ4n) is 2.92. The summed E-state index contributed by atoms with van der Waals surface area (Å²) in [6, 6.07) is 5.43. The van der Waals surface area contributed by atoms with Crippen LogP contribution in [0.2, 0.25) is 0 Å². The van der Waals surface area contributed by atoms with E-state index in [0.717, 1.165) is 31.5 Å². The van der Waals surface area contributed by atoms with Gasteiger partial charge in [0.1, 0.15) is 0 Å². The first kappa shape index (κ1) is 23.0. The zero-order valence-corrected chi connectivity index (χ0v) is 16.8. The Morgan fingerprint density at radius 1 is 1.22 bits per heavy atom. The highest BCUT2D eigenvalue weighted by molar-refractivity contribution is 5.85. The van der Waals surface area contributed by atoms with Crippen molar-refractivity contribution in [2.75, 3.05) is 33.4 Å². The van der Waals surface area contributed by atoms with E-state index in [1.165, 1.54) is 0 Å². The van der Waals surface area contributed by atoms with Gasteiger partial charge in [-0.3, -0.25) is 9.59 Å². The zero-order valence-electron chi connectivity index (χ0n) is 16.0. The van der Waals surface area contributed by atoms with Crippen LogP contribution >= 0.6 is 12.4 Å². The minimum atomic E-state index is -0.177. The second kappa shape index (κ2) is 12.4. The van der Waals surface area contributed by atoms with Crippen molar-refractivity contribution in [1.82, 2.24) is 16.0 Å². The summed E-state index contributed by atoms with van der Waals surface area (Å²) in [6.07, 6.45) is 2.63. The average Bonchev–Trinajstić information content (AvgIpc) is 3.17. The topological polar surface area (TPSA) is 88.7 Å². The molecule has 1 aliphatic rings. The third-order valence-electron chi connectivity index (χ3n) is 4.39. The molecule has 2 amide bonds. The molecule has 1 heterocycles. The summed E-state index contributed by atoms with van der Waals surface area (Å²) < 4.78 is 10.8. The van der Waals surface area contributed by atoms with Crippen LogP contribution in [0.25, 0.3) is 0 Å². The number of hydrogen-bond donors (Lipinski definition) is 3. The highest BCUT2D eigenvalue weighted by atomic mass is 35.5. The Morgan fingerprint density at radius 2 is 2.04 bits per heavy atom. The van der Waals surface area contributed by atoms with Crippen LogP contribution in [0.3, 0.4) is 0 Å². The summed E-state index contributed by atoms with van der Waals surface area (Å²) in [5, 5.41) is 8.93. The maximum absolute atomic E-state index is 12.0. The molecule has 0 radical (unpaired) electrons. The molecular formula is C19H30ClN3O4. The number of halogens is 1. The maximum atomic E-state index is 12.0. The first-order valence-corrected chi connectivity index (χ1v) is 9.16. The van der Waals surface area contributed by atoms with Crippen LogP contribution in [0.5, 0.6) is 11.5 Å². The molecule has 1 unspecified atom stereocenters. The Bertz CT molecular complexity index is 607. The van der Waals surface area contributed by atoms with Gasteiger partial charge in [0.25, 0.3) is 5.91 Å². The lowest BCUT2D eigenvalue weighted by Crippen LogP contribution is -2.28. The molecule has 3 N–H and O–H groups in total. The maximum Gasteiger partial charge on any atom is 0.257 e. The summed E-state index contributed by atoms with van der Waals surface area (Å²) in [5.41, 5.74) is 0.920. The SMILES string of the molecule is CCNC(=O)COc1ccc(CNC(=O)CCC2CCNC2)cc1OC.Cl. The Labute approximate surface area is 167 Å². The van der Waals surface area contributed by atoms with E-state index in [-0.39, 0.29) is 30.8 Å². The molecule has 27 heavy (non-hydrogen) atoms. The van der Waals surface area contributed by atoms with E-state index in [2.05, 4.69) is 16.0 Å². The predicted molar refractivity (Wildman–Crippen MR) is 106 cm³/mol. The fraction of sp³-hybridized carbons (Fsp3) is 0.579. The summed E-state index contributed by atoms with van der Waals surface area (Å²) in [7, 11) is 1.55. The van der Waals surface area contributed by atoms with Crippen molar-refractivity contribution in [1.29, 1.82) is 0 Å². The van der Waals surface area contributed by atoms with Gasteiger partial charge in [-0.25, -0.2) is 0 Å². The highest BCUT2D eigenvalue weighted by Crippen LogP contribution is 2.28. The van der Waals surface area contributed by atoms with Crippen LogP contribution in [0.15, 0.2) is 18.2 Å². The van der Waals surface area contributed by atoms with Crippen LogP contribution in [0, 0.1) is 5.92 Å². The van der Waals surface area contributed by atoms with Crippen LogP contribution in [-0.2, 0) is 16.1 Å². The minimum Gasteiger partial charge on any atom is -0.493 e. The second-order valence-corrected chi connectivity index (χ2v) is 6.40. The van der Waals surface area contributed by atoms with E-state index in [4.69, 9.17) is 9.47 Å². The lowest BCUT2D eigenvalue weighted by atomic mass is 10.0. The molecule has 0 saturated carbocycles. The van der Waals surface area contributed by atoms with Gasteiger partial charge >= 0.3 is 0 Å². The largest absolute Gasteiger partial charge is 0.493 e. The molecule has 7 nitrogen and oxygen atoms in total. The van der Waals surface area contributed by atoms with E-state index >= 15 is 0 Å². The Morgan fingerprint density at radius 3 is 2.70 bits per heavy atom. The monoisotopic (exact) mass is 399 g/mol. The van der Waals surface area contributed by atoms with Crippen molar-refractivity contribution in [3.63, 3.8) is 0 Å².